The summed E-state index contributed by atoms with van der Waals surface area (Å²) in [6.45, 7) is 1.95. The van der Waals surface area contributed by atoms with E-state index in [1.54, 1.807) is 6.92 Å². The number of pyridine rings is 1. The number of hydrogen-bond donors (Lipinski definition) is 2. The summed E-state index contributed by atoms with van der Waals surface area (Å²) >= 11 is 18.2. The van der Waals surface area contributed by atoms with Crippen molar-refractivity contribution in [3.8, 4) is 5.82 Å². The molecule has 0 saturated carbocycles. The Morgan fingerprint density at radius 2 is 1.81 bits per heavy atom. The van der Waals surface area contributed by atoms with Crippen molar-refractivity contribution in [2.24, 2.45) is 0 Å². The number of nitrogens with zero attached hydrogens (tertiary/aromatic N) is 3. The van der Waals surface area contributed by atoms with Crippen molar-refractivity contribution < 1.29 is 22.8 Å². The Labute approximate surface area is 194 Å². The first-order chi connectivity index (χ1) is 15.0. The van der Waals surface area contributed by atoms with Gasteiger partial charge in [0.05, 0.1) is 21.3 Å². The second-order valence-electron chi connectivity index (χ2n) is 6.26. The maximum Gasteiger partial charge on any atom is 0.435 e. The van der Waals surface area contributed by atoms with E-state index in [0.717, 1.165) is 0 Å². The summed E-state index contributed by atoms with van der Waals surface area (Å²) in [6.07, 6.45) is -3.56. The van der Waals surface area contributed by atoms with Crippen LogP contribution in [0.3, 0.4) is 0 Å². The number of rotatable bonds is 5. The molecular formula is C19H13Cl3F3N5O2. The molecule has 0 atom stereocenters. The highest BCUT2D eigenvalue weighted by Crippen LogP contribution is 2.33. The van der Waals surface area contributed by atoms with Crippen LogP contribution in [0.4, 0.5) is 18.9 Å². The lowest BCUT2D eigenvalue weighted by atomic mass is 10.1. The lowest BCUT2D eigenvalue weighted by Crippen LogP contribution is -2.25. The largest absolute Gasteiger partial charge is 0.435 e. The van der Waals surface area contributed by atoms with Crippen LogP contribution in [0.1, 0.15) is 33.5 Å². The molecule has 0 saturated heterocycles. The van der Waals surface area contributed by atoms with Crippen molar-refractivity contribution in [2.75, 3.05) is 11.9 Å². The van der Waals surface area contributed by atoms with Gasteiger partial charge in [-0.05, 0) is 31.2 Å². The quantitative estimate of drug-likeness (QED) is 0.495. The molecule has 0 fully saturated rings. The minimum absolute atomic E-state index is 0.0362. The summed E-state index contributed by atoms with van der Waals surface area (Å²) in [7, 11) is 0. The lowest BCUT2D eigenvalue weighted by Gasteiger charge is -2.14. The molecule has 3 aromatic rings. The fourth-order valence-electron chi connectivity index (χ4n) is 2.69. The van der Waals surface area contributed by atoms with E-state index >= 15 is 0 Å². The third-order valence-corrected chi connectivity index (χ3v) is 4.86. The summed E-state index contributed by atoms with van der Waals surface area (Å²) in [6, 6.07) is 5.92. The first kappa shape index (κ1) is 23.8. The molecule has 13 heteroatoms. The van der Waals surface area contributed by atoms with Gasteiger partial charge < -0.3 is 10.6 Å². The van der Waals surface area contributed by atoms with Crippen LogP contribution in [0, 0.1) is 0 Å². The molecule has 0 aliphatic carbocycles. The number of nitrogens with one attached hydrogen (secondary N) is 2. The van der Waals surface area contributed by atoms with Gasteiger partial charge in [-0.15, -0.1) is 0 Å². The molecule has 0 spiro atoms. The van der Waals surface area contributed by atoms with E-state index < -0.39 is 29.4 Å². The van der Waals surface area contributed by atoms with Crippen LogP contribution >= 0.6 is 34.8 Å². The van der Waals surface area contributed by atoms with Gasteiger partial charge >= 0.3 is 6.18 Å². The molecule has 3 rings (SSSR count). The first-order valence-electron chi connectivity index (χ1n) is 8.89. The number of alkyl halides is 3. The zero-order chi connectivity index (χ0) is 23.6. The second-order valence-corrected chi connectivity index (χ2v) is 7.51. The summed E-state index contributed by atoms with van der Waals surface area (Å²) in [5, 5.41) is 8.35. The predicted octanol–water partition coefficient (Wildman–Crippen LogP) is 5.25. The molecule has 32 heavy (non-hydrogen) atoms. The average molecular weight is 507 g/mol. The van der Waals surface area contributed by atoms with E-state index in [1.807, 2.05) is 0 Å². The molecule has 2 heterocycles. The summed E-state index contributed by atoms with van der Waals surface area (Å²) in [5.41, 5.74) is -2.09. The number of anilines is 1. The zero-order valence-corrected chi connectivity index (χ0v) is 18.4. The van der Waals surface area contributed by atoms with Crippen molar-refractivity contribution in [1.82, 2.24) is 20.1 Å². The van der Waals surface area contributed by atoms with Crippen LogP contribution in [-0.2, 0) is 6.18 Å². The maximum absolute atomic E-state index is 13.3. The van der Waals surface area contributed by atoms with Gasteiger partial charge in [0, 0.05) is 23.8 Å². The highest BCUT2D eigenvalue weighted by Gasteiger charge is 2.37. The molecule has 2 amide bonds. The molecular weight excluding hydrogens is 494 g/mol. The van der Waals surface area contributed by atoms with Gasteiger partial charge in [-0.25, -0.2) is 9.67 Å². The normalized spacial score (nSPS) is 11.3. The number of halogens is 6. The van der Waals surface area contributed by atoms with E-state index in [1.165, 1.54) is 30.5 Å². The van der Waals surface area contributed by atoms with Gasteiger partial charge in [0.25, 0.3) is 11.8 Å². The fraction of sp³-hybridized carbons (Fsp3) is 0.158. The number of carbonyl (C=O) groups is 2. The SMILES string of the molecule is CCNC(=O)c1cc(Cl)cc(Cl)c1NC(=O)c1cc(C(F)(F)F)nn1-c1ncccc1Cl. The summed E-state index contributed by atoms with van der Waals surface area (Å²) in [4.78, 5) is 29.3. The Balaban J connectivity index is 2.11. The molecule has 0 unspecified atom stereocenters. The molecule has 1 aromatic carbocycles. The number of amides is 2. The second kappa shape index (κ2) is 9.35. The molecule has 0 radical (unpaired) electrons. The topological polar surface area (TPSA) is 88.9 Å². The number of carbonyl (C=O) groups excluding carboxylic acids is 2. The predicted molar refractivity (Wildman–Crippen MR) is 114 cm³/mol. The van der Waals surface area contributed by atoms with Crippen LogP contribution in [0.25, 0.3) is 5.82 Å². The van der Waals surface area contributed by atoms with Gasteiger partial charge in [-0.3, -0.25) is 9.59 Å². The Kier molecular flexibility index (Phi) is 6.97. The number of aromatic nitrogens is 3. The Morgan fingerprint density at radius 3 is 2.44 bits per heavy atom. The molecule has 0 bridgehead atoms. The van der Waals surface area contributed by atoms with Gasteiger partial charge in [0.1, 0.15) is 5.69 Å². The van der Waals surface area contributed by atoms with Crippen LogP contribution in [0.2, 0.25) is 15.1 Å². The van der Waals surface area contributed by atoms with Gasteiger partial charge in [0.2, 0.25) is 0 Å². The summed E-state index contributed by atoms with van der Waals surface area (Å²) < 4.78 is 40.6. The zero-order valence-electron chi connectivity index (χ0n) is 16.1. The van der Waals surface area contributed by atoms with Crippen molar-refractivity contribution in [3.05, 3.63) is 68.5 Å². The number of benzene rings is 1. The van der Waals surface area contributed by atoms with E-state index in [0.29, 0.717) is 10.7 Å². The van der Waals surface area contributed by atoms with Crippen molar-refractivity contribution in [1.29, 1.82) is 0 Å². The van der Waals surface area contributed by atoms with Gasteiger partial charge in [-0.2, -0.15) is 18.3 Å². The van der Waals surface area contributed by atoms with Gasteiger partial charge in [-0.1, -0.05) is 34.8 Å². The van der Waals surface area contributed by atoms with E-state index in [4.69, 9.17) is 34.8 Å². The highest BCUT2D eigenvalue weighted by molar-refractivity contribution is 6.38. The van der Waals surface area contributed by atoms with E-state index in [9.17, 15) is 22.8 Å². The van der Waals surface area contributed by atoms with E-state index in [2.05, 4.69) is 20.7 Å². The standard InChI is InChI=1S/C19H13Cl3F3N5O2/c1-2-26-17(31)10-6-9(20)7-12(22)15(10)28-18(32)13-8-14(19(23,24)25)29-30(13)16-11(21)4-3-5-27-16/h3-8H,2H2,1H3,(H,26,31)(H,28,32). The van der Waals surface area contributed by atoms with Crippen LogP contribution in [0.5, 0.6) is 0 Å². The molecule has 2 aromatic heterocycles. The Bertz CT molecular complexity index is 1200. The fourth-order valence-corrected chi connectivity index (χ4v) is 3.43. The van der Waals surface area contributed by atoms with Gasteiger partial charge in [0.15, 0.2) is 11.5 Å². The Morgan fingerprint density at radius 1 is 1.09 bits per heavy atom. The molecule has 7 nitrogen and oxygen atoms in total. The molecule has 0 aliphatic rings. The number of hydrogen-bond acceptors (Lipinski definition) is 4. The van der Waals surface area contributed by atoms with Crippen molar-refractivity contribution in [2.45, 2.75) is 13.1 Å². The van der Waals surface area contributed by atoms with Crippen molar-refractivity contribution in [3.63, 3.8) is 0 Å². The summed E-state index contributed by atoms with van der Waals surface area (Å²) in [5.74, 6) is -1.82. The minimum atomic E-state index is -4.84. The first-order valence-corrected chi connectivity index (χ1v) is 10.0. The monoisotopic (exact) mass is 505 g/mol. The van der Waals surface area contributed by atoms with Crippen molar-refractivity contribution >= 4 is 52.3 Å². The third kappa shape index (κ3) is 4.98. The lowest BCUT2D eigenvalue weighted by molar-refractivity contribution is -0.141. The van der Waals surface area contributed by atoms with Crippen LogP contribution in [-0.4, -0.2) is 33.1 Å². The molecule has 0 aliphatic heterocycles. The molecule has 168 valence electrons. The smallest absolute Gasteiger partial charge is 0.352 e. The maximum atomic E-state index is 13.3. The van der Waals surface area contributed by atoms with Crippen LogP contribution < -0.4 is 10.6 Å². The highest BCUT2D eigenvalue weighted by atomic mass is 35.5. The Hall–Kier alpha value is -2.82. The molecule has 2 N–H and O–H groups in total. The minimum Gasteiger partial charge on any atom is -0.352 e. The van der Waals surface area contributed by atoms with Crippen LogP contribution in [0.15, 0.2) is 36.5 Å². The van der Waals surface area contributed by atoms with E-state index in [-0.39, 0.29) is 38.7 Å². The average Bonchev–Trinajstić information content (AvgIpc) is 3.16. The third-order valence-electron chi connectivity index (χ3n) is 4.05.